The van der Waals surface area contributed by atoms with E-state index in [1.165, 1.54) is 0 Å². The first kappa shape index (κ1) is 14.8. The Kier molecular flexibility index (Phi) is 4.61. The van der Waals surface area contributed by atoms with Crippen molar-refractivity contribution in [2.45, 2.75) is 20.8 Å². The summed E-state index contributed by atoms with van der Waals surface area (Å²) in [4.78, 5) is 12.3. The summed E-state index contributed by atoms with van der Waals surface area (Å²) in [5.74, 6) is 0.739. The summed E-state index contributed by atoms with van der Waals surface area (Å²) < 4.78 is 6.59. The second-order valence-corrected chi connectivity index (χ2v) is 5.86. The lowest BCUT2D eigenvalue weighted by Crippen LogP contribution is -2.13. The molecule has 0 N–H and O–H groups in total. The van der Waals surface area contributed by atoms with Gasteiger partial charge in [0.1, 0.15) is 5.75 Å². The van der Waals surface area contributed by atoms with Gasteiger partial charge >= 0.3 is 0 Å². The van der Waals surface area contributed by atoms with Gasteiger partial charge in [0, 0.05) is 10.0 Å². The molecule has 0 unspecified atom stereocenters. The predicted molar refractivity (Wildman–Crippen MR) is 84.6 cm³/mol. The maximum Gasteiger partial charge on any atom is 0.200 e. The zero-order valence-electron chi connectivity index (χ0n) is 11.9. The van der Waals surface area contributed by atoms with E-state index in [2.05, 4.69) is 15.9 Å². The summed E-state index contributed by atoms with van der Waals surface area (Å²) in [6, 6.07) is 11.7. The van der Waals surface area contributed by atoms with Gasteiger partial charge < -0.3 is 4.74 Å². The van der Waals surface area contributed by atoms with E-state index in [9.17, 15) is 4.79 Å². The largest absolute Gasteiger partial charge is 0.485 e. The molecular formula is C17H17BrO2. The second-order valence-electron chi connectivity index (χ2n) is 4.94. The molecule has 2 nitrogen and oxygen atoms in total. The molecule has 2 aromatic carbocycles. The molecule has 20 heavy (non-hydrogen) atoms. The number of hydrogen-bond acceptors (Lipinski definition) is 2. The minimum Gasteiger partial charge on any atom is -0.485 e. The normalized spacial score (nSPS) is 10.4. The lowest BCUT2D eigenvalue weighted by atomic mass is 10.0. The van der Waals surface area contributed by atoms with Crippen molar-refractivity contribution >= 4 is 21.7 Å². The average molecular weight is 333 g/mol. The van der Waals surface area contributed by atoms with Gasteiger partial charge in [-0.25, -0.2) is 0 Å². The van der Waals surface area contributed by atoms with E-state index in [0.29, 0.717) is 0 Å². The molecule has 3 heteroatoms. The monoisotopic (exact) mass is 332 g/mol. The van der Waals surface area contributed by atoms with Gasteiger partial charge in [-0.2, -0.15) is 0 Å². The molecule has 0 aliphatic heterocycles. The van der Waals surface area contributed by atoms with E-state index in [1.807, 2.05) is 57.2 Å². The van der Waals surface area contributed by atoms with Crippen LogP contribution in [0.3, 0.4) is 0 Å². The van der Waals surface area contributed by atoms with Crippen molar-refractivity contribution in [1.29, 1.82) is 0 Å². The number of halogens is 1. The Hall–Kier alpha value is -1.61. The summed E-state index contributed by atoms with van der Waals surface area (Å²) in [5, 5.41) is 0. The van der Waals surface area contributed by atoms with Crippen molar-refractivity contribution in [3.63, 3.8) is 0 Å². The predicted octanol–water partition coefficient (Wildman–Crippen LogP) is 4.64. The molecule has 0 heterocycles. The van der Waals surface area contributed by atoms with Crippen LogP contribution in [0.1, 0.15) is 27.0 Å². The second kappa shape index (κ2) is 6.23. The van der Waals surface area contributed by atoms with Crippen molar-refractivity contribution in [2.24, 2.45) is 0 Å². The molecule has 0 aromatic heterocycles. The van der Waals surface area contributed by atoms with E-state index < -0.39 is 0 Å². The lowest BCUT2D eigenvalue weighted by Gasteiger charge is -2.10. The number of Topliss-reactive ketones (excluding diaryl/α,β-unsaturated/α-hetero) is 1. The van der Waals surface area contributed by atoms with E-state index in [-0.39, 0.29) is 12.4 Å². The third-order valence-corrected chi connectivity index (χ3v) is 3.70. The number of hydrogen-bond donors (Lipinski definition) is 0. The Labute approximate surface area is 127 Å². The van der Waals surface area contributed by atoms with Crippen LogP contribution in [-0.2, 0) is 0 Å². The van der Waals surface area contributed by atoms with Gasteiger partial charge in [0.15, 0.2) is 12.4 Å². The Bertz CT molecular complexity index is 647. The van der Waals surface area contributed by atoms with E-state index in [4.69, 9.17) is 4.74 Å². The number of carbonyl (C=O) groups is 1. The fourth-order valence-corrected chi connectivity index (χ4v) is 2.33. The first-order chi connectivity index (χ1) is 9.47. The summed E-state index contributed by atoms with van der Waals surface area (Å²) in [6.07, 6.45) is 0. The molecule has 0 spiro atoms. The van der Waals surface area contributed by atoms with Gasteiger partial charge in [-0.05, 0) is 50.1 Å². The molecule has 0 saturated heterocycles. The summed E-state index contributed by atoms with van der Waals surface area (Å²) >= 11 is 3.40. The van der Waals surface area contributed by atoms with Crippen molar-refractivity contribution < 1.29 is 9.53 Å². The lowest BCUT2D eigenvalue weighted by molar-refractivity contribution is 0.0920. The highest BCUT2D eigenvalue weighted by atomic mass is 79.9. The molecular weight excluding hydrogens is 316 g/mol. The number of ketones is 1. The van der Waals surface area contributed by atoms with Crippen LogP contribution in [0.5, 0.6) is 5.75 Å². The van der Waals surface area contributed by atoms with Gasteiger partial charge in [0.05, 0.1) is 0 Å². The van der Waals surface area contributed by atoms with Gasteiger partial charge in [-0.3, -0.25) is 4.79 Å². The fourth-order valence-electron chi connectivity index (χ4n) is 1.99. The first-order valence-electron chi connectivity index (χ1n) is 6.47. The van der Waals surface area contributed by atoms with Crippen LogP contribution >= 0.6 is 15.9 Å². The fraction of sp³-hybridized carbons (Fsp3) is 0.235. The molecule has 0 fully saturated rings. The molecule has 0 radical (unpaired) electrons. The number of rotatable bonds is 4. The smallest absolute Gasteiger partial charge is 0.200 e. The van der Waals surface area contributed by atoms with Crippen LogP contribution in [0.2, 0.25) is 0 Å². The average Bonchev–Trinajstić information content (AvgIpc) is 2.42. The quantitative estimate of drug-likeness (QED) is 0.762. The van der Waals surface area contributed by atoms with E-state index in [0.717, 1.165) is 32.5 Å². The highest BCUT2D eigenvalue weighted by Gasteiger charge is 2.11. The third kappa shape index (κ3) is 3.48. The molecule has 0 aliphatic rings. The highest BCUT2D eigenvalue weighted by Crippen LogP contribution is 2.23. The van der Waals surface area contributed by atoms with Crippen molar-refractivity contribution in [3.05, 3.63) is 63.1 Å². The summed E-state index contributed by atoms with van der Waals surface area (Å²) in [5.41, 5.74) is 3.81. The topological polar surface area (TPSA) is 26.3 Å². The van der Waals surface area contributed by atoms with Crippen LogP contribution in [0, 0.1) is 20.8 Å². The van der Waals surface area contributed by atoms with Crippen molar-refractivity contribution in [3.8, 4) is 5.75 Å². The maximum absolute atomic E-state index is 12.3. The van der Waals surface area contributed by atoms with Gasteiger partial charge in [0.2, 0.25) is 0 Å². The molecule has 0 aliphatic carbocycles. The van der Waals surface area contributed by atoms with Crippen molar-refractivity contribution in [1.82, 2.24) is 0 Å². The molecule has 0 bridgehead atoms. The molecule has 0 atom stereocenters. The van der Waals surface area contributed by atoms with E-state index >= 15 is 0 Å². The van der Waals surface area contributed by atoms with Crippen molar-refractivity contribution in [2.75, 3.05) is 6.61 Å². The third-order valence-electron chi connectivity index (χ3n) is 3.20. The zero-order chi connectivity index (χ0) is 14.7. The van der Waals surface area contributed by atoms with Crippen LogP contribution in [0.25, 0.3) is 0 Å². The van der Waals surface area contributed by atoms with Crippen LogP contribution in [0.4, 0.5) is 0 Å². The number of carbonyl (C=O) groups excluding carboxylic acids is 1. The van der Waals surface area contributed by atoms with Crippen LogP contribution in [-0.4, -0.2) is 12.4 Å². The van der Waals surface area contributed by atoms with Gasteiger partial charge in [0.25, 0.3) is 0 Å². The van der Waals surface area contributed by atoms with Gasteiger partial charge in [-0.1, -0.05) is 39.7 Å². The number of aryl methyl sites for hydroxylation is 3. The number of ether oxygens (including phenoxy) is 1. The minimum absolute atomic E-state index is 0.00516. The maximum atomic E-state index is 12.3. The molecule has 0 saturated carbocycles. The molecule has 2 rings (SSSR count). The van der Waals surface area contributed by atoms with Crippen LogP contribution in [0.15, 0.2) is 40.9 Å². The Morgan fingerprint density at radius 1 is 1.05 bits per heavy atom. The molecule has 2 aromatic rings. The highest BCUT2D eigenvalue weighted by molar-refractivity contribution is 9.10. The van der Waals surface area contributed by atoms with E-state index in [1.54, 1.807) is 0 Å². The molecule has 0 amide bonds. The standard InChI is InChI=1S/C17H17BrO2/c1-11-4-5-12(2)15(8-11)16(19)10-20-17-9-14(18)7-6-13(17)3/h4-9H,10H2,1-3H3. The molecule has 104 valence electrons. The van der Waals surface area contributed by atoms with Gasteiger partial charge in [-0.15, -0.1) is 0 Å². The summed E-state index contributed by atoms with van der Waals surface area (Å²) in [6.45, 7) is 5.94. The zero-order valence-corrected chi connectivity index (χ0v) is 13.5. The summed E-state index contributed by atoms with van der Waals surface area (Å²) in [7, 11) is 0. The first-order valence-corrected chi connectivity index (χ1v) is 7.26. The SMILES string of the molecule is Cc1ccc(C)c(C(=O)COc2cc(Br)ccc2C)c1. The Balaban J connectivity index is 2.12. The number of benzene rings is 2. The van der Waals surface area contributed by atoms with Crippen LogP contribution < -0.4 is 4.74 Å². The Morgan fingerprint density at radius 2 is 1.75 bits per heavy atom. The Morgan fingerprint density at radius 3 is 2.50 bits per heavy atom. The minimum atomic E-state index is 0.00516.